The fraction of sp³-hybridized carbons (Fsp3) is 0.412. The Hall–Kier alpha value is -1.99. The van der Waals surface area contributed by atoms with E-state index in [2.05, 4.69) is 10.3 Å². The second-order valence-corrected chi connectivity index (χ2v) is 7.09. The average Bonchev–Trinajstić information content (AvgIpc) is 2.89. The van der Waals surface area contributed by atoms with Crippen LogP contribution < -0.4 is 5.32 Å². The van der Waals surface area contributed by atoms with Crippen molar-refractivity contribution in [2.75, 3.05) is 18.4 Å². The van der Waals surface area contributed by atoms with Crippen LogP contribution in [0.3, 0.4) is 0 Å². The Morgan fingerprint density at radius 1 is 1.46 bits per heavy atom. The number of nitrogens with one attached hydrogen (secondary N) is 1. The van der Waals surface area contributed by atoms with E-state index in [1.54, 1.807) is 17.0 Å². The van der Waals surface area contributed by atoms with E-state index in [1.807, 2.05) is 6.92 Å². The SMILES string of the molecule is Cc1nc(NC(=O)N2CCCC(O)C2)sc1Cc1ccc(F)cc1. The van der Waals surface area contributed by atoms with Crippen LogP contribution in [0.4, 0.5) is 14.3 Å². The molecule has 1 unspecified atom stereocenters. The van der Waals surface area contributed by atoms with Crippen molar-refractivity contribution in [3.05, 3.63) is 46.2 Å². The predicted octanol–water partition coefficient (Wildman–Crippen LogP) is 3.17. The molecule has 2 N–H and O–H groups in total. The fourth-order valence-electron chi connectivity index (χ4n) is 2.74. The van der Waals surface area contributed by atoms with E-state index in [0.29, 0.717) is 24.6 Å². The van der Waals surface area contributed by atoms with Gasteiger partial charge in [0.15, 0.2) is 5.13 Å². The number of hydrogen-bond acceptors (Lipinski definition) is 4. The molecule has 128 valence electrons. The maximum absolute atomic E-state index is 13.0. The van der Waals surface area contributed by atoms with Crippen LogP contribution in [0.5, 0.6) is 0 Å². The first-order chi connectivity index (χ1) is 11.5. The van der Waals surface area contributed by atoms with Crippen LogP contribution in [0.25, 0.3) is 0 Å². The Morgan fingerprint density at radius 2 is 2.21 bits per heavy atom. The van der Waals surface area contributed by atoms with Crippen molar-refractivity contribution in [2.45, 2.75) is 32.3 Å². The first-order valence-electron chi connectivity index (χ1n) is 7.96. The molecule has 1 fully saturated rings. The maximum atomic E-state index is 13.0. The van der Waals surface area contributed by atoms with Gasteiger partial charge in [-0.05, 0) is 37.5 Å². The van der Waals surface area contributed by atoms with Gasteiger partial charge in [-0.25, -0.2) is 14.2 Å². The Balaban J connectivity index is 1.65. The molecule has 0 aliphatic carbocycles. The topological polar surface area (TPSA) is 65.5 Å². The Bertz CT molecular complexity index is 717. The molecule has 1 aliphatic heterocycles. The van der Waals surface area contributed by atoms with Gasteiger partial charge in [-0.2, -0.15) is 0 Å². The number of aliphatic hydroxyl groups excluding tert-OH is 1. The molecule has 1 aliphatic rings. The molecule has 3 rings (SSSR count). The van der Waals surface area contributed by atoms with E-state index < -0.39 is 6.10 Å². The van der Waals surface area contributed by atoms with E-state index in [0.717, 1.165) is 29.0 Å². The molecule has 1 aromatic carbocycles. The lowest BCUT2D eigenvalue weighted by molar-refractivity contribution is 0.0883. The molecule has 0 radical (unpaired) electrons. The summed E-state index contributed by atoms with van der Waals surface area (Å²) in [5.41, 5.74) is 1.86. The molecule has 7 heteroatoms. The van der Waals surface area contributed by atoms with Gasteiger partial charge in [0.2, 0.25) is 0 Å². The third kappa shape index (κ3) is 4.10. The highest BCUT2D eigenvalue weighted by atomic mass is 32.1. The number of halogens is 1. The Kier molecular flexibility index (Phi) is 5.11. The van der Waals surface area contributed by atoms with Crippen molar-refractivity contribution in [2.24, 2.45) is 0 Å². The van der Waals surface area contributed by atoms with Gasteiger partial charge in [-0.15, -0.1) is 11.3 Å². The van der Waals surface area contributed by atoms with Gasteiger partial charge in [-0.1, -0.05) is 12.1 Å². The number of thiazole rings is 1. The smallest absolute Gasteiger partial charge is 0.323 e. The summed E-state index contributed by atoms with van der Waals surface area (Å²) in [6, 6.07) is 6.16. The number of benzene rings is 1. The zero-order valence-corrected chi connectivity index (χ0v) is 14.3. The molecular formula is C17H20FN3O2S. The van der Waals surface area contributed by atoms with Gasteiger partial charge in [0.25, 0.3) is 0 Å². The van der Waals surface area contributed by atoms with Gasteiger partial charge >= 0.3 is 6.03 Å². The molecule has 2 aromatic rings. The number of piperidine rings is 1. The van der Waals surface area contributed by atoms with E-state index >= 15 is 0 Å². The molecule has 0 bridgehead atoms. The summed E-state index contributed by atoms with van der Waals surface area (Å²) >= 11 is 1.43. The minimum absolute atomic E-state index is 0.226. The second kappa shape index (κ2) is 7.27. The number of aryl methyl sites for hydroxylation is 1. The number of carbonyl (C=O) groups is 1. The largest absolute Gasteiger partial charge is 0.391 e. The first-order valence-corrected chi connectivity index (χ1v) is 8.77. The molecule has 2 heterocycles. The summed E-state index contributed by atoms with van der Waals surface area (Å²) in [5, 5.41) is 13.0. The number of β-amino-alcohol motifs (C(OH)–C–C–N with tert-alkyl or cyclic N) is 1. The number of aliphatic hydroxyl groups is 1. The number of nitrogens with zero attached hydrogens (tertiary/aromatic N) is 2. The Morgan fingerprint density at radius 3 is 2.92 bits per heavy atom. The van der Waals surface area contributed by atoms with Gasteiger partial charge < -0.3 is 10.0 Å². The van der Waals surface area contributed by atoms with Crippen molar-refractivity contribution >= 4 is 22.5 Å². The number of amides is 2. The lowest BCUT2D eigenvalue weighted by Gasteiger charge is -2.29. The quantitative estimate of drug-likeness (QED) is 0.894. The first kappa shape index (κ1) is 16.9. The minimum Gasteiger partial charge on any atom is -0.391 e. The Labute approximate surface area is 144 Å². The standard InChI is InChI=1S/C17H20FN3O2S/c1-11-15(9-12-4-6-13(18)7-5-12)24-16(19-11)20-17(23)21-8-2-3-14(22)10-21/h4-7,14,22H,2-3,8-10H2,1H3,(H,19,20,23). The molecule has 1 saturated heterocycles. The average molecular weight is 349 g/mol. The number of carbonyl (C=O) groups excluding carboxylic acids is 1. The lowest BCUT2D eigenvalue weighted by atomic mass is 10.1. The minimum atomic E-state index is -0.448. The normalized spacial score (nSPS) is 17.8. The van der Waals surface area contributed by atoms with E-state index in [1.165, 1.54) is 23.5 Å². The molecule has 2 amide bonds. The highest BCUT2D eigenvalue weighted by molar-refractivity contribution is 7.15. The van der Waals surface area contributed by atoms with Gasteiger partial charge in [0.05, 0.1) is 11.8 Å². The third-order valence-corrected chi connectivity index (χ3v) is 5.14. The maximum Gasteiger partial charge on any atom is 0.323 e. The number of anilines is 1. The summed E-state index contributed by atoms with van der Waals surface area (Å²) in [7, 11) is 0. The van der Waals surface area contributed by atoms with Crippen molar-refractivity contribution in [3.63, 3.8) is 0 Å². The van der Waals surface area contributed by atoms with Crippen LogP contribution in [-0.2, 0) is 6.42 Å². The van der Waals surface area contributed by atoms with E-state index in [9.17, 15) is 14.3 Å². The van der Waals surface area contributed by atoms with Gasteiger partial charge in [0.1, 0.15) is 5.82 Å². The van der Waals surface area contributed by atoms with Crippen LogP contribution in [0.15, 0.2) is 24.3 Å². The third-order valence-electron chi connectivity index (χ3n) is 4.07. The van der Waals surface area contributed by atoms with Crippen LogP contribution >= 0.6 is 11.3 Å². The summed E-state index contributed by atoms with van der Waals surface area (Å²) in [4.78, 5) is 19.3. The van der Waals surface area contributed by atoms with Crippen LogP contribution in [-0.4, -0.2) is 40.2 Å². The van der Waals surface area contributed by atoms with Crippen molar-refractivity contribution in [3.8, 4) is 0 Å². The molecule has 0 spiro atoms. The fourth-order valence-corrected chi connectivity index (χ4v) is 3.73. The molecule has 1 atom stereocenters. The van der Waals surface area contributed by atoms with Crippen LogP contribution in [0, 0.1) is 12.7 Å². The summed E-state index contributed by atoms with van der Waals surface area (Å²) in [5.74, 6) is -0.253. The van der Waals surface area contributed by atoms with Crippen LogP contribution in [0.2, 0.25) is 0 Å². The summed E-state index contributed by atoms with van der Waals surface area (Å²) in [6.07, 6.45) is 1.75. The van der Waals surface area contributed by atoms with E-state index in [4.69, 9.17) is 0 Å². The number of urea groups is 1. The zero-order chi connectivity index (χ0) is 17.1. The monoisotopic (exact) mass is 349 g/mol. The lowest BCUT2D eigenvalue weighted by Crippen LogP contribution is -2.44. The van der Waals surface area contributed by atoms with Gasteiger partial charge in [-0.3, -0.25) is 5.32 Å². The molecular weight excluding hydrogens is 329 g/mol. The number of rotatable bonds is 3. The molecule has 0 saturated carbocycles. The van der Waals surface area contributed by atoms with Crippen molar-refractivity contribution in [1.82, 2.24) is 9.88 Å². The number of hydrogen-bond donors (Lipinski definition) is 2. The molecule has 5 nitrogen and oxygen atoms in total. The molecule has 1 aromatic heterocycles. The van der Waals surface area contributed by atoms with Crippen molar-refractivity contribution in [1.29, 1.82) is 0 Å². The summed E-state index contributed by atoms with van der Waals surface area (Å²) < 4.78 is 13.0. The number of aromatic nitrogens is 1. The second-order valence-electron chi connectivity index (χ2n) is 6.00. The van der Waals surface area contributed by atoms with Crippen molar-refractivity contribution < 1.29 is 14.3 Å². The zero-order valence-electron chi connectivity index (χ0n) is 13.5. The highest BCUT2D eigenvalue weighted by Gasteiger charge is 2.23. The van der Waals surface area contributed by atoms with Gasteiger partial charge in [0, 0.05) is 24.4 Å². The predicted molar refractivity (Wildman–Crippen MR) is 91.9 cm³/mol. The van der Waals surface area contributed by atoms with E-state index in [-0.39, 0.29) is 11.8 Å². The number of likely N-dealkylation sites (tertiary alicyclic amines) is 1. The highest BCUT2D eigenvalue weighted by Crippen LogP contribution is 2.26. The van der Waals surface area contributed by atoms with Crippen LogP contribution in [0.1, 0.15) is 29.0 Å². The summed E-state index contributed by atoms with van der Waals surface area (Å²) in [6.45, 7) is 2.91. The molecule has 24 heavy (non-hydrogen) atoms.